The third-order valence-electron chi connectivity index (χ3n) is 5.30. The minimum absolute atomic E-state index is 0. The van der Waals surface area contributed by atoms with Gasteiger partial charge in [0.15, 0.2) is 15.8 Å². The summed E-state index contributed by atoms with van der Waals surface area (Å²) in [6.07, 6.45) is 3.89. The number of benzene rings is 2. The number of halogens is 1. The molecule has 32 heavy (non-hydrogen) atoms. The van der Waals surface area contributed by atoms with Crippen LogP contribution in [0.5, 0.6) is 0 Å². The minimum Gasteiger partial charge on any atom is -0.357 e. The first kappa shape index (κ1) is 26.6. The van der Waals surface area contributed by atoms with Crippen LogP contribution in [-0.4, -0.2) is 45.2 Å². The first-order valence-electron chi connectivity index (χ1n) is 11.0. The van der Waals surface area contributed by atoms with Crippen LogP contribution in [0.3, 0.4) is 0 Å². The van der Waals surface area contributed by atoms with Gasteiger partial charge in [-0.1, -0.05) is 48.5 Å². The van der Waals surface area contributed by atoms with E-state index in [4.69, 9.17) is 4.99 Å². The van der Waals surface area contributed by atoms with E-state index >= 15 is 0 Å². The first-order valence-corrected chi connectivity index (χ1v) is 13.1. The smallest absolute Gasteiger partial charge is 0.191 e. The second-order valence-electron chi connectivity index (χ2n) is 8.24. The fourth-order valence-electron chi connectivity index (χ4n) is 3.70. The molecule has 0 atom stereocenters. The SMILES string of the molecule is CCNC(=NCc1ccc(CN2CCCC2)cc1)NCc1ccc(CS(C)(=O)=O)cc1.I. The van der Waals surface area contributed by atoms with Crippen LogP contribution in [0.1, 0.15) is 42.0 Å². The molecule has 3 rings (SSSR count). The Kier molecular flexibility index (Phi) is 10.9. The number of sulfone groups is 1. The van der Waals surface area contributed by atoms with Crippen molar-refractivity contribution >= 4 is 39.8 Å². The van der Waals surface area contributed by atoms with Crippen molar-refractivity contribution in [1.82, 2.24) is 15.5 Å². The maximum atomic E-state index is 11.4. The molecule has 0 saturated carbocycles. The van der Waals surface area contributed by atoms with Crippen LogP contribution in [0.15, 0.2) is 53.5 Å². The first-order chi connectivity index (χ1) is 14.9. The highest BCUT2D eigenvalue weighted by Gasteiger charge is 2.11. The van der Waals surface area contributed by atoms with Crippen molar-refractivity contribution in [1.29, 1.82) is 0 Å². The van der Waals surface area contributed by atoms with Crippen LogP contribution in [0, 0.1) is 0 Å². The summed E-state index contributed by atoms with van der Waals surface area (Å²) in [4.78, 5) is 7.21. The average Bonchev–Trinajstić information content (AvgIpc) is 3.24. The van der Waals surface area contributed by atoms with E-state index in [0.29, 0.717) is 13.1 Å². The summed E-state index contributed by atoms with van der Waals surface area (Å²) in [5, 5.41) is 6.63. The Morgan fingerprint density at radius 2 is 1.47 bits per heavy atom. The van der Waals surface area contributed by atoms with Crippen LogP contribution in [0.25, 0.3) is 0 Å². The predicted octanol–water partition coefficient (Wildman–Crippen LogP) is 3.70. The Hall–Kier alpha value is -1.65. The van der Waals surface area contributed by atoms with Gasteiger partial charge in [0, 0.05) is 25.9 Å². The molecule has 0 unspecified atom stereocenters. The molecule has 0 spiro atoms. The van der Waals surface area contributed by atoms with Gasteiger partial charge in [-0.2, -0.15) is 0 Å². The summed E-state index contributed by atoms with van der Waals surface area (Å²) in [5.41, 5.74) is 4.43. The summed E-state index contributed by atoms with van der Waals surface area (Å²) in [7, 11) is -3.01. The van der Waals surface area contributed by atoms with Crippen molar-refractivity contribution in [2.45, 2.75) is 45.2 Å². The Balaban J connectivity index is 0.00000363. The maximum absolute atomic E-state index is 11.4. The second-order valence-corrected chi connectivity index (χ2v) is 10.4. The average molecular weight is 571 g/mol. The van der Waals surface area contributed by atoms with Gasteiger partial charge in [0.05, 0.1) is 12.3 Å². The topological polar surface area (TPSA) is 73.8 Å². The highest BCUT2D eigenvalue weighted by atomic mass is 127. The van der Waals surface area contributed by atoms with Gasteiger partial charge in [0.1, 0.15) is 0 Å². The summed E-state index contributed by atoms with van der Waals surface area (Å²) in [6, 6.07) is 16.4. The molecule has 0 bridgehead atoms. The number of hydrogen-bond donors (Lipinski definition) is 2. The normalized spacial score (nSPS) is 14.8. The Morgan fingerprint density at radius 1 is 0.906 bits per heavy atom. The largest absolute Gasteiger partial charge is 0.357 e. The highest BCUT2D eigenvalue weighted by Crippen LogP contribution is 2.14. The van der Waals surface area contributed by atoms with E-state index in [2.05, 4.69) is 39.8 Å². The van der Waals surface area contributed by atoms with E-state index in [1.807, 2.05) is 31.2 Å². The molecular formula is C24H35IN4O2S. The predicted molar refractivity (Wildman–Crippen MR) is 143 cm³/mol. The zero-order valence-electron chi connectivity index (χ0n) is 19.0. The molecule has 1 heterocycles. The van der Waals surface area contributed by atoms with Crippen molar-refractivity contribution in [3.05, 3.63) is 70.8 Å². The highest BCUT2D eigenvalue weighted by molar-refractivity contribution is 14.0. The molecule has 6 nitrogen and oxygen atoms in total. The van der Waals surface area contributed by atoms with Crippen molar-refractivity contribution in [2.24, 2.45) is 4.99 Å². The van der Waals surface area contributed by atoms with Gasteiger partial charge in [0.25, 0.3) is 0 Å². The van der Waals surface area contributed by atoms with Gasteiger partial charge >= 0.3 is 0 Å². The molecule has 0 amide bonds. The van der Waals surface area contributed by atoms with E-state index < -0.39 is 9.84 Å². The lowest BCUT2D eigenvalue weighted by molar-refractivity contribution is 0.331. The number of aliphatic imine (C=N–C) groups is 1. The number of rotatable bonds is 9. The Bertz CT molecular complexity index is 954. The van der Waals surface area contributed by atoms with Crippen LogP contribution in [0.4, 0.5) is 0 Å². The molecule has 1 saturated heterocycles. The fourth-order valence-corrected chi connectivity index (χ4v) is 4.50. The van der Waals surface area contributed by atoms with Crippen molar-refractivity contribution in [3.8, 4) is 0 Å². The van der Waals surface area contributed by atoms with Crippen molar-refractivity contribution < 1.29 is 8.42 Å². The lowest BCUT2D eigenvalue weighted by atomic mass is 10.1. The van der Waals surface area contributed by atoms with E-state index in [9.17, 15) is 8.42 Å². The summed E-state index contributed by atoms with van der Waals surface area (Å²) in [6.45, 7) is 7.54. The lowest BCUT2D eigenvalue weighted by Crippen LogP contribution is -2.36. The molecule has 0 aromatic heterocycles. The Labute approximate surface area is 209 Å². The zero-order valence-corrected chi connectivity index (χ0v) is 22.2. The molecule has 0 radical (unpaired) electrons. The Morgan fingerprint density at radius 3 is 2.06 bits per heavy atom. The summed E-state index contributed by atoms with van der Waals surface area (Å²) >= 11 is 0. The summed E-state index contributed by atoms with van der Waals surface area (Å²) < 4.78 is 22.8. The molecule has 176 valence electrons. The van der Waals surface area contributed by atoms with Crippen LogP contribution in [0.2, 0.25) is 0 Å². The van der Waals surface area contributed by atoms with Crippen molar-refractivity contribution in [3.63, 3.8) is 0 Å². The second kappa shape index (κ2) is 13.2. The maximum Gasteiger partial charge on any atom is 0.191 e. The van der Waals surface area contributed by atoms with E-state index in [1.54, 1.807) is 0 Å². The molecular weight excluding hydrogens is 535 g/mol. The number of guanidine groups is 1. The van der Waals surface area contributed by atoms with Gasteiger partial charge in [-0.05, 0) is 55.1 Å². The molecule has 1 aliphatic rings. The van der Waals surface area contributed by atoms with Gasteiger partial charge in [-0.25, -0.2) is 13.4 Å². The van der Waals surface area contributed by atoms with E-state index in [1.165, 1.54) is 43.3 Å². The summed E-state index contributed by atoms with van der Waals surface area (Å²) in [5.74, 6) is 0.839. The van der Waals surface area contributed by atoms with Gasteiger partial charge in [-0.3, -0.25) is 4.90 Å². The molecule has 1 fully saturated rings. The minimum atomic E-state index is -3.01. The number of nitrogens with zero attached hydrogens (tertiary/aromatic N) is 2. The number of nitrogens with one attached hydrogen (secondary N) is 2. The zero-order chi connectivity index (χ0) is 22.1. The molecule has 2 N–H and O–H groups in total. The molecule has 1 aliphatic heterocycles. The standard InChI is InChI=1S/C24H34N4O2S.HI/c1-3-25-24(27-17-21-8-12-23(13-9-21)19-31(2,29)30)26-16-20-6-10-22(11-7-20)18-28-14-4-5-15-28;/h6-13H,3-5,14-19H2,1-2H3,(H2,25,26,27);1H. The van der Waals surface area contributed by atoms with Crippen molar-refractivity contribution in [2.75, 3.05) is 25.9 Å². The fraction of sp³-hybridized carbons (Fsp3) is 0.458. The molecule has 0 aliphatic carbocycles. The molecule has 2 aromatic carbocycles. The molecule has 2 aromatic rings. The lowest BCUT2D eigenvalue weighted by Gasteiger charge is -2.14. The van der Waals surface area contributed by atoms with Gasteiger partial charge < -0.3 is 10.6 Å². The monoisotopic (exact) mass is 570 g/mol. The van der Waals surface area contributed by atoms with Crippen LogP contribution < -0.4 is 10.6 Å². The number of hydrogen-bond acceptors (Lipinski definition) is 4. The van der Waals surface area contributed by atoms with Crippen LogP contribution in [-0.2, 0) is 35.2 Å². The van der Waals surface area contributed by atoms with E-state index in [0.717, 1.165) is 30.2 Å². The third kappa shape index (κ3) is 9.46. The molecule has 8 heteroatoms. The quantitative estimate of drug-likeness (QED) is 0.273. The third-order valence-corrected chi connectivity index (χ3v) is 6.16. The van der Waals surface area contributed by atoms with Crippen LogP contribution >= 0.6 is 24.0 Å². The number of likely N-dealkylation sites (tertiary alicyclic amines) is 1. The van der Waals surface area contributed by atoms with E-state index in [-0.39, 0.29) is 29.7 Å². The van der Waals surface area contributed by atoms with Gasteiger partial charge in [-0.15, -0.1) is 24.0 Å². The van der Waals surface area contributed by atoms with Gasteiger partial charge in [0.2, 0.25) is 0 Å².